The molecule has 2 aliphatic heterocycles. The number of allylic oxidation sites excluding steroid dienone is 1. The first-order valence-electron chi connectivity index (χ1n) is 11.6. The standard InChI is InChI=1S/C26H34FN5O/c1-5-26(28-18-30(4)25-14-19(2)6-7-24(25)27)29-21-12-20(3)13-22(15-21)31-8-10-32(11-9-31)23-16-33-17-23/h5-7,12-15,18,23,29H,8-11,16-17H2,1-4H3/b26-5+,28-18?. The molecule has 0 radical (unpaired) electrons. The van der Waals surface area contributed by atoms with Gasteiger partial charge in [0.15, 0.2) is 0 Å². The molecule has 33 heavy (non-hydrogen) atoms. The van der Waals surface area contributed by atoms with Crippen LogP contribution in [0.15, 0.2) is 53.3 Å². The van der Waals surface area contributed by atoms with Crippen molar-refractivity contribution in [2.45, 2.75) is 26.8 Å². The number of nitrogens with zero attached hydrogens (tertiary/aromatic N) is 4. The number of benzene rings is 2. The first-order chi connectivity index (χ1) is 15.9. The number of nitrogens with one attached hydrogen (secondary N) is 1. The molecule has 2 aromatic rings. The molecule has 1 N–H and O–H groups in total. The Hall–Kier alpha value is -2.90. The Balaban J connectivity index is 1.41. The van der Waals surface area contributed by atoms with Crippen LogP contribution in [0, 0.1) is 19.7 Å². The van der Waals surface area contributed by atoms with E-state index >= 15 is 0 Å². The highest BCUT2D eigenvalue weighted by Crippen LogP contribution is 2.26. The minimum Gasteiger partial charge on any atom is -0.378 e. The van der Waals surface area contributed by atoms with Crippen LogP contribution in [-0.4, -0.2) is 63.7 Å². The summed E-state index contributed by atoms with van der Waals surface area (Å²) in [7, 11) is 1.80. The Kier molecular flexibility index (Phi) is 7.30. The van der Waals surface area contributed by atoms with Crippen molar-refractivity contribution in [2.24, 2.45) is 4.99 Å². The molecule has 0 unspecified atom stereocenters. The SMILES string of the molecule is C/C=C(\N=CN(C)c1cc(C)ccc1F)Nc1cc(C)cc(N2CCN(C3COC3)CC2)c1. The average Bonchev–Trinajstić information content (AvgIpc) is 2.77. The minimum atomic E-state index is -0.266. The van der Waals surface area contributed by atoms with Crippen LogP contribution in [0.2, 0.25) is 0 Å². The van der Waals surface area contributed by atoms with Crippen LogP contribution in [0.5, 0.6) is 0 Å². The zero-order valence-corrected chi connectivity index (χ0v) is 20.0. The second-order valence-electron chi connectivity index (χ2n) is 8.88. The van der Waals surface area contributed by atoms with E-state index < -0.39 is 0 Å². The summed E-state index contributed by atoms with van der Waals surface area (Å²) >= 11 is 0. The third-order valence-electron chi connectivity index (χ3n) is 6.28. The number of aryl methyl sites for hydroxylation is 2. The van der Waals surface area contributed by atoms with E-state index in [0.29, 0.717) is 17.6 Å². The molecule has 6 nitrogen and oxygen atoms in total. The van der Waals surface area contributed by atoms with Gasteiger partial charge in [-0.1, -0.05) is 6.07 Å². The number of hydrogen-bond acceptors (Lipinski definition) is 5. The van der Waals surface area contributed by atoms with E-state index in [0.717, 1.165) is 50.6 Å². The number of rotatable bonds is 7. The molecule has 2 saturated heterocycles. The molecule has 2 aliphatic rings. The number of hydrogen-bond donors (Lipinski definition) is 1. The predicted molar refractivity (Wildman–Crippen MR) is 135 cm³/mol. The van der Waals surface area contributed by atoms with E-state index in [4.69, 9.17) is 4.74 Å². The molecule has 2 heterocycles. The van der Waals surface area contributed by atoms with Crippen LogP contribution in [0.4, 0.5) is 21.5 Å². The van der Waals surface area contributed by atoms with Gasteiger partial charge in [0.25, 0.3) is 0 Å². The topological polar surface area (TPSA) is 43.3 Å². The van der Waals surface area contributed by atoms with E-state index in [1.807, 2.05) is 26.0 Å². The lowest BCUT2D eigenvalue weighted by atomic mass is 10.1. The number of anilines is 3. The van der Waals surface area contributed by atoms with Gasteiger partial charge in [0, 0.05) is 44.6 Å². The molecule has 0 aliphatic carbocycles. The maximum absolute atomic E-state index is 14.2. The molecule has 176 valence electrons. The summed E-state index contributed by atoms with van der Waals surface area (Å²) in [6.45, 7) is 11.9. The van der Waals surface area contributed by atoms with Crippen LogP contribution < -0.4 is 15.1 Å². The second kappa shape index (κ2) is 10.4. The zero-order chi connectivity index (χ0) is 23.4. The molecule has 0 atom stereocenters. The fraction of sp³-hybridized carbons (Fsp3) is 0.423. The first kappa shape index (κ1) is 23.3. The largest absolute Gasteiger partial charge is 0.378 e. The van der Waals surface area contributed by atoms with Gasteiger partial charge < -0.3 is 19.9 Å². The summed E-state index contributed by atoms with van der Waals surface area (Å²) in [6, 6.07) is 12.2. The fourth-order valence-corrected chi connectivity index (χ4v) is 4.23. The van der Waals surface area contributed by atoms with Gasteiger partial charge in [-0.25, -0.2) is 9.38 Å². The predicted octanol–water partition coefficient (Wildman–Crippen LogP) is 4.40. The zero-order valence-electron chi connectivity index (χ0n) is 20.0. The molecule has 0 saturated carbocycles. The van der Waals surface area contributed by atoms with Crippen molar-refractivity contribution in [3.63, 3.8) is 0 Å². The maximum atomic E-state index is 14.2. The number of aliphatic imine (C=N–C) groups is 1. The molecule has 0 amide bonds. The van der Waals surface area contributed by atoms with Gasteiger partial charge in [-0.3, -0.25) is 4.90 Å². The number of piperazine rings is 1. The lowest BCUT2D eigenvalue weighted by molar-refractivity contribution is -0.0660. The van der Waals surface area contributed by atoms with Crippen molar-refractivity contribution in [3.8, 4) is 0 Å². The first-order valence-corrected chi connectivity index (χ1v) is 11.6. The number of halogens is 1. The molecule has 0 bridgehead atoms. The lowest BCUT2D eigenvalue weighted by Gasteiger charge is -2.43. The van der Waals surface area contributed by atoms with Gasteiger partial charge in [0.05, 0.1) is 31.3 Å². The molecule has 4 rings (SSSR count). The normalized spacial score (nSPS) is 18.0. The second-order valence-corrected chi connectivity index (χ2v) is 8.88. The van der Waals surface area contributed by atoms with Gasteiger partial charge in [-0.2, -0.15) is 0 Å². The molecular formula is C26H34FN5O. The van der Waals surface area contributed by atoms with E-state index in [2.05, 4.69) is 45.2 Å². The summed E-state index contributed by atoms with van der Waals surface area (Å²) in [5.74, 6) is 0.444. The van der Waals surface area contributed by atoms with Gasteiger partial charge >= 0.3 is 0 Å². The highest BCUT2D eigenvalue weighted by atomic mass is 19.1. The van der Waals surface area contributed by atoms with Gasteiger partial charge in [-0.05, 0) is 68.3 Å². The summed E-state index contributed by atoms with van der Waals surface area (Å²) in [6.07, 6.45) is 3.55. The van der Waals surface area contributed by atoms with Crippen LogP contribution in [0.3, 0.4) is 0 Å². The van der Waals surface area contributed by atoms with Gasteiger partial charge in [0.1, 0.15) is 11.6 Å². The molecule has 2 fully saturated rings. The van der Waals surface area contributed by atoms with Crippen LogP contribution in [0.25, 0.3) is 0 Å². The highest BCUT2D eigenvalue weighted by molar-refractivity contribution is 5.80. The van der Waals surface area contributed by atoms with E-state index in [-0.39, 0.29) is 5.82 Å². The summed E-state index contributed by atoms with van der Waals surface area (Å²) in [4.78, 5) is 11.2. The van der Waals surface area contributed by atoms with Crippen molar-refractivity contribution in [3.05, 3.63) is 65.2 Å². The third kappa shape index (κ3) is 5.72. The van der Waals surface area contributed by atoms with Crippen LogP contribution in [0.1, 0.15) is 18.1 Å². The number of ether oxygens (including phenoxy) is 1. The van der Waals surface area contributed by atoms with Crippen molar-refractivity contribution in [1.82, 2.24) is 4.90 Å². The Morgan fingerprint density at radius 1 is 1.09 bits per heavy atom. The fourth-order valence-electron chi connectivity index (χ4n) is 4.23. The summed E-state index contributed by atoms with van der Waals surface area (Å²) in [5, 5.41) is 3.42. The minimum absolute atomic E-state index is 0.266. The average molecular weight is 452 g/mol. The Morgan fingerprint density at radius 2 is 1.85 bits per heavy atom. The van der Waals surface area contributed by atoms with Crippen LogP contribution >= 0.6 is 0 Å². The molecule has 7 heteroatoms. The molecule has 0 aromatic heterocycles. The van der Waals surface area contributed by atoms with Crippen molar-refractivity contribution in [1.29, 1.82) is 0 Å². The Labute approximate surface area is 196 Å². The molecule has 0 spiro atoms. The smallest absolute Gasteiger partial charge is 0.146 e. The summed E-state index contributed by atoms with van der Waals surface area (Å²) < 4.78 is 19.5. The van der Waals surface area contributed by atoms with Gasteiger partial charge in [0.2, 0.25) is 0 Å². The Bertz CT molecular complexity index is 1030. The summed E-state index contributed by atoms with van der Waals surface area (Å²) in [5.41, 5.74) is 4.92. The monoisotopic (exact) mass is 451 g/mol. The van der Waals surface area contributed by atoms with E-state index in [9.17, 15) is 4.39 Å². The quantitative estimate of drug-likeness (QED) is 0.499. The van der Waals surface area contributed by atoms with Crippen molar-refractivity contribution >= 4 is 23.4 Å². The lowest BCUT2D eigenvalue weighted by Crippen LogP contribution is -2.56. The van der Waals surface area contributed by atoms with E-state index in [1.165, 1.54) is 17.3 Å². The van der Waals surface area contributed by atoms with Gasteiger partial charge in [-0.15, -0.1) is 0 Å². The molecule has 2 aromatic carbocycles. The third-order valence-corrected chi connectivity index (χ3v) is 6.28. The van der Waals surface area contributed by atoms with Crippen molar-refractivity contribution in [2.75, 3.05) is 61.6 Å². The molecular weight excluding hydrogens is 417 g/mol. The maximum Gasteiger partial charge on any atom is 0.146 e. The highest BCUT2D eigenvalue weighted by Gasteiger charge is 2.29. The van der Waals surface area contributed by atoms with Crippen LogP contribution in [-0.2, 0) is 4.74 Å². The Morgan fingerprint density at radius 3 is 2.52 bits per heavy atom. The van der Waals surface area contributed by atoms with Crippen molar-refractivity contribution < 1.29 is 9.13 Å². The van der Waals surface area contributed by atoms with E-state index in [1.54, 1.807) is 24.4 Å².